The predicted molar refractivity (Wildman–Crippen MR) is 71.5 cm³/mol. The molecule has 1 aromatic carbocycles. The lowest BCUT2D eigenvalue weighted by Crippen LogP contribution is -2.41. The Labute approximate surface area is 108 Å². The lowest BCUT2D eigenvalue weighted by molar-refractivity contribution is 0.0952. The largest absolute Gasteiger partial charge is 0.393 e. The first-order valence-electron chi connectivity index (χ1n) is 6.25. The summed E-state index contributed by atoms with van der Waals surface area (Å²) in [6.07, 6.45) is 3.69. The third kappa shape index (κ3) is 2.82. The molecular weight excluding hydrogens is 234 g/mol. The summed E-state index contributed by atoms with van der Waals surface area (Å²) in [6.45, 7) is 0.945. The van der Waals surface area contributed by atoms with Crippen LogP contribution in [0.3, 0.4) is 0 Å². The first-order chi connectivity index (χ1) is 8.16. The van der Waals surface area contributed by atoms with E-state index in [-0.39, 0.29) is 11.5 Å². The molecule has 17 heavy (non-hydrogen) atoms. The minimum absolute atomic E-state index is 0.126. The number of benzene rings is 1. The Bertz CT molecular complexity index is 372. The summed E-state index contributed by atoms with van der Waals surface area (Å²) in [4.78, 5) is 0. The van der Waals surface area contributed by atoms with E-state index in [2.05, 4.69) is 17.4 Å². The van der Waals surface area contributed by atoms with Crippen LogP contribution in [0.15, 0.2) is 24.3 Å². The Balaban J connectivity index is 2.27. The smallest absolute Gasteiger partial charge is 0.0541 e. The van der Waals surface area contributed by atoms with E-state index in [4.69, 9.17) is 11.6 Å². The van der Waals surface area contributed by atoms with E-state index in [0.29, 0.717) is 0 Å². The molecule has 0 bridgehead atoms. The summed E-state index contributed by atoms with van der Waals surface area (Å²) < 4.78 is 0. The summed E-state index contributed by atoms with van der Waals surface area (Å²) in [6, 6.07) is 8.15. The first kappa shape index (κ1) is 12.9. The van der Waals surface area contributed by atoms with Gasteiger partial charge in [-0.1, -0.05) is 23.7 Å². The van der Waals surface area contributed by atoms with Gasteiger partial charge in [-0.25, -0.2) is 0 Å². The van der Waals surface area contributed by atoms with Crippen molar-refractivity contribution in [2.75, 3.05) is 13.6 Å². The molecule has 94 valence electrons. The van der Waals surface area contributed by atoms with Crippen molar-refractivity contribution in [3.8, 4) is 0 Å². The molecule has 2 rings (SSSR count). The van der Waals surface area contributed by atoms with E-state index in [1.54, 1.807) is 0 Å². The molecule has 0 aromatic heterocycles. The fraction of sp³-hybridized carbons (Fsp3) is 0.571. The molecule has 0 radical (unpaired) electrons. The zero-order valence-electron chi connectivity index (χ0n) is 10.2. The monoisotopic (exact) mass is 253 g/mol. The number of aliphatic hydroxyl groups is 1. The summed E-state index contributed by atoms with van der Waals surface area (Å²) in [5, 5.41) is 13.7. The Morgan fingerprint density at radius 3 is 2.71 bits per heavy atom. The van der Waals surface area contributed by atoms with Gasteiger partial charge in [-0.2, -0.15) is 0 Å². The Morgan fingerprint density at radius 1 is 1.41 bits per heavy atom. The molecule has 0 atom stereocenters. The molecule has 1 aromatic rings. The van der Waals surface area contributed by atoms with E-state index in [1.807, 2.05) is 19.2 Å². The molecule has 1 aliphatic carbocycles. The molecule has 0 spiro atoms. The molecule has 1 saturated carbocycles. The van der Waals surface area contributed by atoms with Crippen molar-refractivity contribution in [1.82, 2.24) is 5.32 Å². The van der Waals surface area contributed by atoms with Gasteiger partial charge < -0.3 is 10.4 Å². The van der Waals surface area contributed by atoms with E-state index in [0.717, 1.165) is 37.3 Å². The van der Waals surface area contributed by atoms with Crippen molar-refractivity contribution >= 4 is 11.6 Å². The Kier molecular flexibility index (Phi) is 4.08. The lowest BCUT2D eigenvalue weighted by Gasteiger charge is -2.39. The van der Waals surface area contributed by atoms with Crippen LogP contribution < -0.4 is 5.32 Å². The average molecular weight is 254 g/mol. The van der Waals surface area contributed by atoms with Crippen LogP contribution >= 0.6 is 11.6 Å². The highest BCUT2D eigenvalue weighted by Crippen LogP contribution is 2.39. The van der Waals surface area contributed by atoms with Crippen LogP contribution in [0.1, 0.15) is 31.2 Å². The third-order valence-corrected chi connectivity index (χ3v) is 4.10. The fourth-order valence-electron chi connectivity index (χ4n) is 2.88. The summed E-state index contributed by atoms with van der Waals surface area (Å²) in [5.41, 5.74) is 1.44. The quantitative estimate of drug-likeness (QED) is 0.868. The number of aliphatic hydroxyl groups excluding tert-OH is 1. The maximum absolute atomic E-state index is 9.66. The maximum atomic E-state index is 9.66. The minimum Gasteiger partial charge on any atom is -0.393 e. The number of hydrogen-bond acceptors (Lipinski definition) is 2. The molecule has 1 aliphatic rings. The van der Waals surface area contributed by atoms with Gasteiger partial charge >= 0.3 is 0 Å². The zero-order chi connectivity index (χ0) is 12.3. The minimum atomic E-state index is -0.126. The molecule has 1 fully saturated rings. The summed E-state index contributed by atoms with van der Waals surface area (Å²) in [5.74, 6) is 0. The zero-order valence-corrected chi connectivity index (χ0v) is 11.0. The van der Waals surface area contributed by atoms with Crippen LogP contribution in [0, 0.1) is 0 Å². The average Bonchev–Trinajstić information content (AvgIpc) is 2.33. The maximum Gasteiger partial charge on any atom is 0.0541 e. The van der Waals surface area contributed by atoms with E-state index in [1.165, 1.54) is 5.56 Å². The van der Waals surface area contributed by atoms with E-state index < -0.39 is 0 Å². The highest BCUT2D eigenvalue weighted by atomic mass is 35.5. The fourth-order valence-corrected chi connectivity index (χ4v) is 3.07. The van der Waals surface area contributed by atoms with Crippen LogP contribution in [-0.2, 0) is 5.41 Å². The van der Waals surface area contributed by atoms with Gasteiger partial charge in [-0.3, -0.25) is 0 Å². The van der Waals surface area contributed by atoms with Crippen molar-refractivity contribution in [2.45, 2.75) is 37.2 Å². The molecule has 0 saturated heterocycles. The van der Waals surface area contributed by atoms with Gasteiger partial charge in [0.25, 0.3) is 0 Å². The summed E-state index contributed by atoms with van der Waals surface area (Å²) in [7, 11) is 1.98. The third-order valence-electron chi connectivity index (χ3n) is 3.86. The Hall–Kier alpha value is -0.570. The molecule has 0 aliphatic heterocycles. The Morgan fingerprint density at radius 2 is 2.12 bits per heavy atom. The van der Waals surface area contributed by atoms with Crippen molar-refractivity contribution in [2.24, 2.45) is 0 Å². The van der Waals surface area contributed by atoms with Gasteiger partial charge in [0.1, 0.15) is 0 Å². The molecule has 0 unspecified atom stereocenters. The molecular formula is C14H20ClNO. The van der Waals surface area contributed by atoms with Gasteiger partial charge in [0.05, 0.1) is 6.10 Å². The standard InChI is InChI=1S/C14H20ClNO/c1-16-10-14(7-5-13(17)6-8-14)11-3-2-4-12(15)9-11/h2-4,9,13,16-17H,5-8,10H2,1H3. The van der Waals surface area contributed by atoms with Crippen LogP contribution in [-0.4, -0.2) is 24.8 Å². The van der Waals surface area contributed by atoms with Gasteiger partial charge in [-0.15, -0.1) is 0 Å². The molecule has 2 N–H and O–H groups in total. The number of rotatable bonds is 3. The SMILES string of the molecule is CNCC1(c2cccc(Cl)c2)CCC(O)CC1. The highest BCUT2D eigenvalue weighted by Gasteiger charge is 2.35. The van der Waals surface area contributed by atoms with Crippen molar-refractivity contribution in [3.05, 3.63) is 34.9 Å². The second-order valence-corrected chi connectivity index (χ2v) is 5.49. The van der Waals surface area contributed by atoms with Crippen LogP contribution in [0.4, 0.5) is 0 Å². The highest BCUT2D eigenvalue weighted by molar-refractivity contribution is 6.30. The van der Waals surface area contributed by atoms with Gasteiger partial charge in [-0.05, 0) is 50.4 Å². The van der Waals surface area contributed by atoms with Gasteiger partial charge in [0.2, 0.25) is 0 Å². The second kappa shape index (κ2) is 5.38. The number of halogens is 1. The number of likely N-dealkylation sites (N-methyl/N-ethyl adjacent to an activating group) is 1. The van der Waals surface area contributed by atoms with Crippen molar-refractivity contribution < 1.29 is 5.11 Å². The lowest BCUT2D eigenvalue weighted by atomic mass is 9.68. The van der Waals surface area contributed by atoms with Crippen LogP contribution in [0.25, 0.3) is 0 Å². The normalized spacial score (nSPS) is 29.2. The molecule has 0 heterocycles. The number of hydrogen-bond donors (Lipinski definition) is 2. The first-order valence-corrected chi connectivity index (χ1v) is 6.63. The van der Waals surface area contributed by atoms with Crippen molar-refractivity contribution in [3.63, 3.8) is 0 Å². The summed E-state index contributed by atoms with van der Waals surface area (Å²) >= 11 is 6.09. The molecule has 2 nitrogen and oxygen atoms in total. The number of nitrogens with one attached hydrogen (secondary N) is 1. The van der Waals surface area contributed by atoms with E-state index >= 15 is 0 Å². The van der Waals surface area contributed by atoms with E-state index in [9.17, 15) is 5.11 Å². The second-order valence-electron chi connectivity index (χ2n) is 5.05. The molecule has 3 heteroatoms. The van der Waals surface area contributed by atoms with Crippen molar-refractivity contribution in [1.29, 1.82) is 0 Å². The van der Waals surface area contributed by atoms with Gasteiger partial charge in [0, 0.05) is 17.0 Å². The van der Waals surface area contributed by atoms with Crippen LogP contribution in [0.5, 0.6) is 0 Å². The van der Waals surface area contributed by atoms with Crippen LogP contribution in [0.2, 0.25) is 5.02 Å². The van der Waals surface area contributed by atoms with Gasteiger partial charge in [0.15, 0.2) is 0 Å². The molecule has 0 amide bonds. The predicted octanol–water partition coefficient (Wildman–Crippen LogP) is 2.73. The topological polar surface area (TPSA) is 32.3 Å².